The van der Waals surface area contributed by atoms with Gasteiger partial charge in [-0.3, -0.25) is 9.48 Å². The molecule has 0 bridgehead atoms. The second-order valence-electron chi connectivity index (χ2n) is 7.08. The van der Waals surface area contributed by atoms with Gasteiger partial charge in [-0.25, -0.2) is 9.37 Å². The molecule has 1 N–H and O–H groups in total. The molecule has 0 saturated heterocycles. The normalized spacial score (nSPS) is 11.8. The molecule has 0 aliphatic rings. The smallest absolute Gasteiger partial charge is 0.346 e. The van der Waals surface area contributed by atoms with Crippen molar-refractivity contribution in [2.24, 2.45) is 7.05 Å². The van der Waals surface area contributed by atoms with E-state index in [0.29, 0.717) is 0 Å². The van der Waals surface area contributed by atoms with Gasteiger partial charge in [0.25, 0.3) is 5.91 Å². The Morgan fingerprint density at radius 1 is 1.16 bits per heavy atom. The molecule has 31 heavy (non-hydrogen) atoms. The lowest BCUT2D eigenvalue weighted by molar-refractivity contribution is -0.140. The van der Waals surface area contributed by atoms with E-state index in [0.717, 1.165) is 28.6 Å². The summed E-state index contributed by atoms with van der Waals surface area (Å²) >= 11 is 0. The highest BCUT2D eigenvalue weighted by Gasteiger charge is 2.34. The standard InChI is InChI=1S/C21H17F4N5O/c1-29-10-15-4-2-3-14(19(15)28-29)8-26-20(31)18-11-30(12-27-18)9-13-5-6-17(22)16(7-13)21(23,24)25/h2-7,10-12H,8-9H2,1H3,(H,26,31). The summed E-state index contributed by atoms with van der Waals surface area (Å²) in [6.07, 6.45) is -0.142. The predicted molar refractivity (Wildman–Crippen MR) is 105 cm³/mol. The van der Waals surface area contributed by atoms with E-state index in [4.69, 9.17) is 0 Å². The maximum atomic E-state index is 13.4. The van der Waals surface area contributed by atoms with Crippen LogP contribution in [-0.4, -0.2) is 25.2 Å². The number of imidazole rings is 1. The van der Waals surface area contributed by atoms with Crippen molar-refractivity contribution < 1.29 is 22.4 Å². The molecule has 0 fully saturated rings. The first-order chi connectivity index (χ1) is 14.7. The third kappa shape index (κ3) is 4.42. The molecule has 0 unspecified atom stereocenters. The molecule has 1 amide bonds. The van der Waals surface area contributed by atoms with Gasteiger partial charge in [0.05, 0.1) is 17.4 Å². The Kier molecular flexibility index (Phi) is 5.22. The first-order valence-electron chi connectivity index (χ1n) is 9.27. The fraction of sp³-hybridized carbons (Fsp3) is 0.190. The fourth-order valence-electron chi connectivity index (χ4n) is 3.30. The largest absolute Gasteiger partial charge is 0.419 e. The Labute approximate surface area is 174 Å². The van der Waals surface area contributed by atoms with Gasteiger partial charge in [0.15, 0.2) is 0 Å². The summed E-state index contributed by atoms with van der Waals surface area (Å²) in [5, 5.41) is 8.11. The zero-order valence-corrected chi connectivity index (χ0v) is 16.3. The van der Waals surface area contributed by atoms with Crippen molar-refractivity contribution in [2.75, 3.05) is 0 Å². The molecular weight excluding hydrogens is 414 g/mol. The first kappa shape index (κ1) is 20.6. The van der Waals surface area contributed by atoms with E-state index in [-0.39, 0.29) is 24.3 Å². The number of carbonyl (C=O) groups is 1. The predicted octanol–water partition coefficient (Wildman–Crippen LogP) is 3.91. The number of hydrogen-bond acceptors (Lipinski definition) is 3. The average Bonchev–Trinajstić information content (AvgIpc) is 3.32. The minimum Gasteiger partial charge on any atom is -0.346 e. The van der Waals surface area contributed by atoms with Crippen LogP contribution in [0.25, 0.3) is 10.9 Å². The Balaban J connectivity index is 1.44. The Morgan fingerprint density at radius 3 is 2.74 bits per heavy atom. The molecular formula is C21H17F4N5O. The van der Waals surface area contributed by atoms with Gasteiger partial charge in [-0.05, 0) is 23.3 Å². The van der Waals surface area contributed by atoms with Crippen LogP contribution in [0.5, 0.6) is 0 Å². The number of amides is 1. The summed E-state index contributed by atoms with van der Waals surface area (Å²) in [7, 11) is 1.81. The SMILES string of the molecule is Cn1cc2cccc(CNC(=O)c3cn(Cc4ccc(F)c(C(F)(F)F)c4)cn3)c2n1. The van der Waals surface area contributed by atoms with Crippen LogP contribution in [0, 0.1) is 5.82 Å². The molecule has 0 spiro atoms. The van der Waals surface area contributed by atoms with Gasteiger partial charge >= 0.3 is 6.18 Å². The van der Waals surface area contributed by atoms with Crippen molar-refractivity contribution in [2.45, 2.75) is 19.3 Å². The van der Waals surface area contributed by atoms with Crippen LogP contribution in [0.4, 0.5) is 17.6 Å². The highest BCUT2D eigenvalue weighted by Crippen LogP contribution is 2.32. The molecule has 2 heterocycles. The molecule has 0 saturated carbocycles. The van der Waals surface area contributed by atoms with Gasteiger partial charge in [0, 0.05) is 37.9 Å². The summed E-state index contributed by atoms with van der Waals surface area (Å²) in [5.41, 5.74) is 0.655. The summed E-state index contributed by atoms with van der Waals surface area (Å²) in [4.78, 5) is 16.5. The summed E-state index contributed by atoms with van der Waals surface area (Å²) < 4.78 is 55.2. The van der Waals surface area contributed by atoms with E-state index in [1.54, 1.807) is 4.68 Å². The average molecular weight is 431 g/mol. The molecule has 0 aliphatic carbocycles. The molecule has 4 rings (SSSR count). The quantitative estimate of drug-likeness (QED) is 0.488. The van der Waals surface area contributed by atoms with Gasteiger partial charge in [0.2, 0.25) is 0 Å². The summed E-state index contributed by atoms with van der Waals surface area (Å²) in [6, 6.07) is 8.45. The van der Waals surface area contributed by atoms with Crippen LogP contribution in [0.2, 0.25) is 0 Å². The third-order valence-corrected chi connectivity index (χ3v) is 4.74. The number of benzene rings is 2. The number of hydrogen-bond donors (Lipinski definition) is 1. The van der Waals surface area contributed by atoms with Crippen molar-refractivity contribution in [1.29, 1.82) is 0 Å². The Hall–Kier alpha value is -3.69. The van der Waals surface area contributed by atoms with Crippen molar-refractivity contribution in [3.8, 4) is 0 Å². The number of aromatic nitrogens is 4. The molecule has 4 aromatic rings. The minimum absolute atomic E-state index is 0.0108. The summed E-state index contributed by atoms with van der Waals surface area (Å²) in [5.74, 6) is -1.76. The van der Waals surface area contributed by atoms with Crippen molar-refractivity contribution in [3.05, 3.63) is 83.3 Å². The van der Waals surface area contributed by atoms with Crippen molar-refractivity contribution in [3.63, 3.8) is 0 Å². The van der Waals surface area contributed by atoms with E-state index < -0.39 is 23.5 Å². The van der Waals surface area contributed by atoms with Gasteiger partial charge in [0.1, 0.15) is 11.5 Å². The number of nitrogens with zero attached hydrogens (tertiary/aromatic N) is 4. The zero-order valence-electron chi connectivity index (χ0n) is 16.3. The minimum atomic E-state index is -4.78. The maximum absolute atomic E-state index is 13.4. The number of rotatable bonds is 5. The number of carbonyl (C=O) groups excluding carboxylic acids is 1. The topological polar surface area (TPSA) is 64.7 Å². The highest BCUT2D eigenvalue weighted by atomic mass is 19.4. The van der Waals surface area contributed by atoms with Crippen LogP contribution in [-0.2, 0) is 26.3 Å². The van der Waals surface area contributed by atoms with Crippen LogP contribution in [0.15, 0.2) is 55.1 Å². The molecule has 0 atom stereocenters. The lowest BCUT2D eigenvalue weighted by Crippen LogP contribution is -2.23. The second-order valence-corrected chi connectivity index (χ2v) is 7.08. The number of fused-ring (bicyclic) bond motifs is 1. The van der Waals surface area contributed by atoms with E-state index in [1.165, 1.54) is 23.2 Å². The molecule has 10 heteroatoms. The first-order valence-corrected chi connectivity index (χ1v) is 9.27. The van der Waals surface area contributed by atoms with Gasteiger partial charge in [-0.1, -0.05) is 24.3 Å². The van der Waals surface area contributed by atoms with E-state index in [2.05, 4.69) is 15.4 Å². The Morgan fingerprint density at radius 2 is 1.97 bits per heavy atom. The number of nitrogens with one attached hydrogen (secondary N) is 1. The maximum Gasteiger partial charge on any atom is 0.419 e. The van der Waals surface area contributed by atoms with Gasteiger partial charge in [-0.15, -0.1) is 0 Å². The fourth-order valence-corrected chi connectivity index (χ4v) is 3.30. The van der Waals surface area contributed by atoms with Crippen LogP contribution in [0.1, 0.15) is 27.2 Å². The van der Waals surface area contributed by atoms with Crippen molar-refractivity contribution >= 4 is 16.8 Å². The van der Waals surface area contributed by atoms with Gasteiger partial charge in [-0.2, -0.15) is 18.3 Å². The van der Waals surface area contributed by atoms with E-state index in [9.17, 15) is 22.4 Å². The second kappa shape index (κ2) is 7.86. The molecule has 0 radical (unpaired) electrons. The monoisotopic (exact) mass is 431 g/mol. The zero-order chi connectivity index (χ0) is 22.2. The third-order valence-electron chi connectivity index (χ3n) is 4.74. The van der Waals surface area contributed by atoms with Crippen LogP contribution >= 0.6 is 0 Å². The van der Waals surface area contributed by atoms with Crippen LogP contribution < -0.4 is 5.32 Å². The summed E-state index contributed by atoms with van der Waals surface area (Å²) in [6.45, 7) is 0.254. The van der Waals surface area contributed by atoms with Gasteiger partial charge < -0.3 is 9.88 Å². The lowest BCUT2D eigenvalue weighted by Gasteiger charge is -2.10. The lowest BCUT2D eigenvalue weighted by atomic mass is 10.1. The van der Waals surface area contributed by atoms with Crippen molar-refractivity contribution in [1.82, 2.24) is 24.6 Å². The van der Waals surface area contributed by atoms with E-state index in [1.807, 2.05) is 31.4 Å². The highest BCUT2D eigenvalue weighted by molar-refractivity contribution is 5.92. The Bertz CT molecular complexity index is 1260. The number of halogens is 4. The molecule has 2 aromatic heterocycles. The molecule has 160 valence electrons. The number of alkyl halides is 3. The van der Waals surface area contributed by atoms with E-state index >= 15 is 0 Å². The molecule has 2 aromatic carbocycles. The molecule has 0 aliphatic heterocycles. The van der Waals surface area contributed by atoms with Crippen LogP contribution in [0.3, 0.4) is 0 Å². The number of aryl methyl sites for hydroxylation is 1. The molecule has 6 nitrogen and oxygen atoms in total.